The molecule has 0 aromatic carbocycles. The number of nitrogens with one attached hydrogen (secondary N) is 2. The first kappa shape index (κ1) is 16.8. The van der Waals surface area contributed by atoms with Crippen LogP contribution in [0.25, 0.3) is 0 Å². The minimum absolute atomic E-state index is 0.453. The zero-order chi connectivity index (χ0) is 16.3. The summed E-state index contributed by atoms with van der Waals surface area (Å²) in [5, 5.41) is 0. The van der Waals surface area contributed by atoms with Crippen molar-refractivity contribution in [1.29, 1.82) is 0 Å². The molecule has 4 nitrogen and oxygen atoms in total. The lowest BCUT2D eigenvalue weighted by molar-refractivity contribution is 0.543. The Labute approximate surface area is 134 Å². The van der Waals surface area contributed by atoms with Crippen LogP contribution in [-0.2, 0) is 0 Å². The lowest BCUT2D eigenvalue weighted by Crippen LogP contribution is -2.02. The maximum atomic E-state index is 4.54. The van der Waals surface area contributed by atoms with Gasteiger partial charge in [0.1, 0.15) is 11.6 Å². The highest BCUT2D eigenvalue weighted by Gasteiger charge is 2.16. The van der Waals surface area contributed by atoms with Gasteiger partial charge in [-0.2, -0.15) is 0 Å². The summed E-state index contributed by atoms with van der Waals surface area (Å²) in [6, 6.07) is 0. The largest absolute Gasteiger partial charge is 0.345 e. The number of nitrogens with zero attached hydrogens (tertiary/aromatic N) is 2. The molecule has 2 aromatic heterocycles. The Morgan fingerprint density at radius 3 is 1.36 bits per heavy atom. The SMILES string of the molecule is CC(C)c1cnc(C(C)CCC(C)c2ncc(C(C)C)[nH]2)[nH]1. The molecule has 122 valence electrons. The minimum atomic E-state index is 0.453. The van der Waals surface area contributed by atoms with Crippen molar-refractivity contribution in [1.82, 2.24) is 19.9 Å². The van der Waals surface area contributed by atoms with Crippen molar-refractivity contribution in [3.05, 3.63) is 35.4 Å². The van der Waals surface area contributed by atoms with Gasteiger partial charge in [-0.1, -0.05) is 41.5 Å². The number of imidazole rings is 2. The van der Waals surface area contributed by atoms with Crippen LogP contribution in [0.3, 0.4) is 0 Å². The van der Waals surface area contributed by atoms with Gasteiger partial charge in [-0.05, 0) is 24.7 Å². The zero-order valence-electron chi connectivity index (χ0n) is 14.8. The lowest BCUT2D eigenvalue weighted by Gasteiger charge is -2.13. The van der Waals surface area contributed by atoms with Gasteiger partial charge in [0, 0.05) is 35.6 Å². The normalized spacial score (nSPS) is 14.7. The topological polar surface area (TPSA) is 57.4 Å². The first-order chi connectivity index (χ1) is 10.4. The monoisotopic (exact) mass is 302 g/mol. The summed E-state index contributed by atoms with van der Waals surface area (Å²) in [4.78, 5) is 16.0. The van der Waals surface area contributed by atoms with Crippen LogP contribution in [0.4, 0.5) is 0 Å². The third kappa shape index (κ3) is 3.99. The summed E-state index contributed by atoms with van der Waals surface area (Å²) in [5.74, 6) is 4.13. The molecular weight excluding hydrogens is 272 g/mol. The second-order valence-electron chi connectivity index (χ2n) is 7.14. The van der Waals surface area contributed by atoms with Crippen molar-refractivity contribution in [2.75, 3.05) is 0 Å². The van der Waals surface area contributed by atoms with Crippen molar-refractivity contribution < 1.29 is 0 Å². The van der Waals surface area contributed by atoms with Crippen molar-refractivity contribution >= 4 is 0 Å². The molecule has 4 heteroatoms. The van der Waals surface area contributed by atoms with Crippen LogP contribution in [0.2, 0.25) is 0 Å². The van der Waals surface area contributed by atoms with Crippen LogP contribution in [-0.4, -0.2) is 19.9 Å². The van der Waals surface area contributed by atoms with Gasteiger partial charge in [0.15, 0.2) is 0 Å². The summed E-state index contributed by atoms with van der Waals surface area (Å²) in [6.45, 7) is 13.2. The van der Waals surface area contributed by atoms with E-state index in [1.165, 1.54) is 11.4 Å². The molecular formula is C18H30N4. The summed E-state index contributed by atoms with van der Waals surface area (Å²) in [6.07, 6.45) is 6.18. The van der Waals surface area contributed by atoms with Crippen LogP contribution in [0.1, 0.15) is 101 Å². The Kier molecular flexibility index (Phi) is 5.43. The second kappa shape index (κ2) is 7.12. The van der Waals surface area contributed by atoms with E-state index in [-0.39, 0.29) is 0 Å². The van der Waals surface area contributed by atoms with E-state index in [1.807, 2.05) is 12.4 Å². The van der Waals surface area contributed by atoms with Crippen molar-refractivity contribution in [3.8, 4) is 0 Å². The van der Waals surface area contributed by atoms with Crippen LogP contribution >= 0.6 is 0 Å². The average Bonchev–Trinajstić information content (AvgIpc) is 3.12. The predicted molar refractivity (Wildman–Crippen MR) is 91.4 cm³/mol. The molecule has 2 atom stereocenters. The van der Waals surface area contributed by atoms with Crippen LogP contribution < -0.4 is 0 Å². The highest BCUT2D eigenvalue weighted by molar-refractivity contribution is 5.10. The molecule has 0 saturated heterocycles. The third-order valence-corrected chi connectivity index (χ3v) is 4.44. The molecule has 0 fully saturated rings. The zero-order valence-corrected chi connectivity index (χ0v) is 14.8. The Balaban J connectivity index is 1.90. The van der Waals surface area contributed by atoms with Gasteiger partial charge in [0.05, 0.1) is 0 Å². The van der Waals surface area contributed by atoms with E-state index in [4.69, 9.17) is 0 Å². The maximum Gasteiger partial charge on any atom is 0.109 e. The molecule has 0 aliphatic carbocycles. The molecule has 0 spiro atoms. The molecule has 2 aromatic rings. The second-order valence-corrected chi connectivity index (χ2v) is 7.14. The summed E-state index contributed by atoms with van der Waals surface area (Å²) >= 11 is 0. The van der Waals surface area contributed by atoms with E-state index in [1.54, 1.807) is 0 Å². The van der Waals surface area contributed by atoms with E-state index in [9.17, 15) is 0 Å². The van der Waals surface area contributed by atoms with Crippen molar-refractivity contribution in [3.63, 3.8) is 0 Å². The van der Waals surface area contributed by atoms with Gasteiger partial charge < -0.3 is 9.97 Å². The third-order valence-electron chi connectivity index (χ3n) is 4.44. The molecule has 2 unspecified atom stereocenters. The predicted octanol–water partition coefficient (Wildman–Crippen LogP) is 5.07. The number of hydrogen-bond acceptors (Lipinski definition) is 2. The molecule has 0 amide bonds. The van der Waals surface area contributed by atoms with Gasteiger partial charge in [0.25, 0.3) is 0 Å². The van der Waals surface area contributed by atoms with E-state index >= 15 is 0 Å². The molecule has 2 rings (SSSR count). The molecule has 0 saturated carbocycles. The molecule has 22 heavy (non-hydrogen) atoms. The number of aromatic amines is 2. The fourth-order valence-electron chi connectivity index (χ4n) is 2.56. The fraction of sp³-hybridized carbons (Fsp3) is 0.667. The molecule has 0 aliphatic heterocycles. The first-order valence-corrected chi connectivity index (χ1v) is 8.48. The number of hydrogen-bond donors (Lipinski definition) is 2. The van der Waals surface area contributed by atoms with Crippen molar-refractivity contribution in [2.45, 2.75) is 78.1 Å². The quantitative estimate of drug-likeness (QED) is 0.750. The Morgan fingerprint density at radius 1 is 0.727 bits per heavy atom. The molecule has 2 heterocycles. The number of aromatic nitrogens is 4. The highest BCUT2D eigenvalue weighted by Crippen LogP contribution is 2.26. The van der Waals surface area contributed by atoms with Gasteiger partial charge in [-0.15, -0.1) is 0 Å². The maximum absolute atomic E-state index is 4.54. The van der Waals surface area contributed by atoms with Gasteiger partial charge in [0.2, 0.25) is 0 Å². The van der Waals surface area contributed by atoms with Crippen LogP contribution in [0, 0.1) is 0 Å². The molecule has 0 radical (unpaired) electrons. The van der Waals surface area contributed by atoms with Gasteiger partial charge in [-0.25, -0.2) is 9.97 Å². The van der Waals surface area contributed by atoms with Gasteiger partial charge in [-0.3, -0.25) is 0 Å². The average molecular weight is 302 g/mol. The highest BCUT2D eigenvalue weighted by atomic mass is 14.9. The van der Waals surface area contributed by atoms with Crippen LogP contribution in [0.5, 0.6) is 0 Å². The summed E-state index contributed by atoms with van der Waals surface area (Å²) in [5.41, 5.74) is 2.45. The summed E-state index contributed by atoms with van der Waals surface area (Å²) in [7, 11) is 0. The van der Waals surface area contributed by atoms with Gasteiger partial charge >= 0.3 is 0 Å². The number of rotatable bonds is 7. The first-order valence-electron chi connectivity index (χ1n) is 8.48. The number of H-pyrrole nitrogens is 2. The smallest absolute Gasteiger partial charge is 0.109 e. The standard InChI is InChI=1S/C18H30N4/c1-11(2)15-9-19-17(21-15)13(5)7-8-14(6)18-20-10-16(22-18)12(3)4/h9-14H,7-8H2,1-6H3,(H,19,21)(H,20,22). The Hall–Kier alpha value is -1.58. The summed E-state index contributed by atoms with van der Waals surface area (Å²) < 4.78 is 0. The van der Waals surface area contributed by atoms with E-state index in [2.05, 4.69) is 61.5 Å². The van der Waals surface area contributed by atoms with Crippen LogP contribution in [0.15, 0.2) is 12.4 Å². The fourth-order valence-corrected chi connectivity index (χ4v) is 2.56. The Bertz CT molecular complexity index is 527. The Morgan fingerprint density at radius 2 is 1.09 bits per heavy atom. The van der Waals surface area contributed by atoms with E-state index < -0.39 is 0 Å². The lowest BCUT2D eigenvalue weighted by atomic mass is 9.97. The van der Waals surface area contributed by atoms with E-state index in [0.717, 1.165) is 24.5 Å². The van der Waals surface area contributed by atoms with E-state index in [0.29, 0.717) is 23.7 Å². The minimum Gasteiger partial charge on any atom is -0.345 e. The molecule has 0 aliphatic rings. The van der Waals surface area contributed by atoms with Crippen molar-refractivity contribution in [2.24, 2.45) is 0 Å². The molecule has 2 N–H and O–H groups in total. The molecule has 0 bridgehead atoms.